The third-order valence-corrected chi connectivity index (χ3v) is 7.52. The van der Waals surface area contributed by atoms with Gasteiger partial charge in [-0.2, -0.15) is 4.57 Å². The molecular formula is C25H18Cl5NS. The molecule has 0 unspecified atom stereocenters. The van der Waals surface area contributed by atoms with Crippen LogP contribution in [0.15, 0.2) is 60.1 Å². The maximum Gasteiger partial charge on any atom is 0.231 e. The summed E-state index contributed by atoms with van der Waals surface area (Å²) in [5.74, 6) is 0. The molecule has 1 aromatic heterocycles. The second-order valence-electron chi connectivity index (χ2n) is 7.69. The van der Waals surface area contributed by atoms with Crippen molar-refractivity contribution in [3.63, 3.8) is 0 Å². The van der Waals surface area contributed by atoms with Crippen LogP contribution < -0.4 is 17.0 Å². The summed E-state index contributed by atoms with van der Waals surface area (Å²) in [6.07, 6.45) is 4.65. The van der Waals surface area contributed by atoms with Gasteiger partial charge in [0.25, 0.3) is 0 Å². The van der Waals surface area contributed by atoms with Crippen molar-refractivity contribution in [1.82, 2.24) is 0 Å². The van der Waals surface area contributed by atoms with Crippen molar-refractivity contribution in [2.45, 2.75) is 25.7 Å². The van der Waals surface area contributed by atoms with E-state index in [9.17, 15) is 0 Å². The Labute approximate surface area is 217 Å². The highest BCUT2D eigenvalue weighted by atomic mass is 35.5. The Bertz CT molecular complexity index is 1190. The second-order valence-corrected chi connectivity index (χ2v) is 10.4. The number of aromatic nitrogens is 1. The summed E-state index contributed by atoms with van der Waals surface area (Å²) < 4.78 is 2.34. The van der Waals surface area contributed by atoms with Gasteiger partial charge in [-0.15, -0.1) is 0 Å². The molecule has 0 bridgehead atoms. The Morgan fingerprint density at radius 2 is 1.19 bits per heavy atom. The third-order valence-electron chi connectivity index (χ3n) is 5.60. The molecule has 1 nitrogen and oxygen atoms in total. The number of fused-ring (bicyclic) bond motifs is 1. The molecule has 5 rings (SSSR count). The Balaban J connectivity index is 0.00000245. The van der Waals surface area contributed by atoms with Gasteiger partial charge < -0.3 is 12.4 Å². The van der Waals surface area contributed by atoms with Crippen LogP contribution in [0.2, 0.25) is 20.1 Å². The summed E-state index contributed by atoms with van der Waals surface area (Å²) in [7, 11) is 0. The number of thiazole rings is 1. The molecule has 0 amide bonds. The molecule has 0 N–H and O–H groups in total. The van der Waals surface area contributed by atoms with Gasteiger partial charge >= 0.3 is 0 Å². The van der Waals surface area contributed by atoms with Gasteiger partial charge in [0, 0.05) is 26.5 Å². The first-order valence-corrected chi connectivity index (χ1v) is 12.5. The minimum atomic E-state index is 0. The Hall–Kier alpha value is -1.26. The molecule has 164 valence electrons. The monoisotopic (exact) mass is 539 g/mol. The molecule has 1 aliphatic carbocycles. The molecule has 0 fully saturated rings. The summed E-state index contributed by atoms with van der Waals surface area (Å²) in [6.45, 7) is 0. The van der Waals surface area contributed by atoms with Crippen molar-refractivity contribution in [3.8, 4) is 27.9 Å². The SMILES string of the molecule is Clc1cc(Cl)cc(-c2cccc(-c3cc(Cl)cc(Cl)c3)c2-[n+]2csc3c2CCCC3)c1.[Cl-]. The van der Waals surface area contributed by atoms with Gasteiger partial charge in [0.1, 0.15) is 0 Å². The van der Waals surface area contributed by atoms with Gasteiger partial charge in [-0.25, -0.2) is 0 Å². The van der Waals surface area contributed by atoms with Crippen LogP contribution in [0.25, 0.3) is 27.9 Å². The summed E-state index contributed by atoms with van der Waals surface area (Å²) in [6, 6.07) is 17.6. The molecular weight excluding hydrogens is 524 g/mol. The van der Waals surface area contributed by atoms with Gasteiger partial charge in [-0.3, -0.25) is 0 Å². The van der Waals surface area contributed by atoms with Crippen LogP contribution in [-0.4, -0.2) is 0 Å². The Morgan fingerprint density at radius 3 is 1.72 bits per heavy atom. The van der Waals surface area contributed by atoms with Crippen molar-refractivity contribution in [3.05, 3.63) is 90.8 Å². The van der Waals surface area contributed by atoms with E-state index in [-0.39, 0.29) is 12.4 Å². The van der Waals surface area contributed by atoms with Crippen LogP contribution in [0.1, 0.15) is 23.4 Å². The maximum absolute atomic E-state index is 6.37. The second kappa shape index (κ2) is 9.93. The molecule has 0 radical (unpaired) electrons. The average Bonchev–Trinajstić information content (AvgIpc) is 3.15. The van der Waals surface area contributed by atoms with Gasteiger partial charge in [0.05, 0.1) is 16.0 Å². The lowest BCUT2D eigenvalue weighted by Gasteiger charge is -2.14. The standard InChI is InChI=1S/C25H18Cl4NS.ClH/c26-17-8-15(9-18(27)12-17)21-4-3-5-22(16-10-19(28)13-20(29)11-16)25(21)30-14-31-24-7-2-1-6-23(24)30;/h3-5,8-14H,1-2,6-7H2;1H/q+1;/p-1. The van der Waals surface area contributed by atoms with E-state index in [1.165, 1.54) is 23.4 Å². The highest BCUT2D eigenvalue weighted by Crippen LogP contribution is 2.38. The smallest absolute Gasteiger partial charge is 0.231 e. The van der Waals surface area contributed by atoms with Gasteiger partial charge in [-0.1, -0.05) is 63.8 Å². The minimum absolute atomic E-state index is 0. The summed E-state index contributed by atoms with van der Waals surface area (Å²) >= 11 is 27.3. The van der Waals surface area contributed by atoms with Crippen LogP contribution in [0, 0.1) is 0 Å². The molecule has 1 heterocycles. The molecule has 1 aliphatic rings. The quantitative estimate of drug-likeness (QED) is 0.286. The first-order chi connectivity index (χ1) is 15.0. The zero-order chi connectivity index (χ0) is 21.5. The highest BCUT2D eigenvalue weighted by molar-refractivity contribution is 7.09. The predicted octanol–water partition coefficient (Wildman–Crippen LogP) is 5.86. The van der Waals surface area contributed by atoms with Crippen molar-refractivity contribution < 1.29 is 17.0 Å². The number of para-hydroxylation sites is 1. The predicted molar refractivity (Wildman–Crippen MR) is 133 cm³/mol. The number of rotatable bonds is 3. The van der Waals surface area contributed by atoms with Crippen LogP contribution in [0.3, 0.4) is 0 Å². The van der Waals surface area contributed by atoms with Gasteiger partial charge in [0.15, 0.2) is 0 Å². The number of halogens is 5. The number of benzene rings is 3. The molecule has 0 aliphatic heterocycles. The van der Waals surface area contributed by atoms with E-state index < -0.39 is 0 Å². The van der Waals surface area contributed by atoms with E-state index >= 15 is 0 Å². The van der Waals surface area contributed by atoms with Crippen LogP contribution >= 0.6 is 57.7 Å². The lowest BCUT2D eigenvalue weighted by molar-refractivity contribution is -0.598. The first-order valence-electron chi connectivity index (χ1n) is 10.1. The minimum Gasteiger partial charge on any atom is -1.00 e. The van der Waals surface area contributed by atoms with Crippen molar-refractivity contribution in [2.24, 2.45) is 0 Å². The van der Waals surface area contributed by atoms with E-state index in [1.54, 1.807) is 12.1 Å². The molecule has 3 aromatic carbocycles. The van der Waals surface area contributed by atoms with Gasteiger partial charge in [0.2, 0.25) is 16.9 Å². The van der Waals surface area contributed by atoms with Crippen LogP contribution in [-0.2, 0) is 12.8 Å². The normalized spacial score (nSPS) is 12.9. The first kappa shape index (κ1) is 23.9. The van der Waals surface area contributed by atoms with E-state index in [0.717, 1.165) is 40.8 Å². The molecule has 7 heteroatoms. The fourth-order valence-electron chi connectivity index (χ4n) is 4.30. The fraction of sp³-hybridized carbons (Fsp3) is 0.160. The van der Waals surface area contributed by atoms with E-state index in [4.69, 9.17) is 46.4 Å². The summed E-state index contributed by atoms with van der Waals surface area (Å²) in [4.78, 5) is 1.46. The summed E-state index contributed by atoms with van der Waals surface area (Å²) in [5.41, 5.74) is 8.78. The Morgan fingerprint density at radius 1 is 0.688 bits per heavy atom. The summed E-state index contributed by atoms with van der Waals surface area (Å²) in [5, 5.41) is 2.45. The fourth-order valence-corrected chi connectivity index (χ4v) is 6.41. The lowest BCUT2D eigenvalue weighted by atomic mass is 9.94. The molecule has 32 heavy (non-hydrogen) atoms. The molecule has 4 aromatic rings. The van der Waals surface area contributed by atoms with E-state index in [2.05, 4.69) is 28.3 Å². The average molecular weight is 542 g/mol. The topological polar surface area (TPSA) is 3.88 Å². The zero-order valence-electron chi connectivity index (χ0n) is 16.8. The van der Waals surface area contributed by atoms with E-state index in [1.807, 2.05) is 35.6 Å². The lowest BCUT2D eigenvalue weighted by Crippen LogP contribution is -3.00. The molecule has 0 saturated carbocycles. The third kappa shape index (κ3) is 4.68. The maximum atomic E-state index is 6.37. The van der Waals surface area contributed by atoms with Crippen LogP contribution in [0.5, 0.6) is 0 Å². The van der Waals surface area contributed by atoms with Crippen molar-refractivity contribution in [2.75, 3.05) is 0 Å². The van der Waals surface area contributed by atoms with Gasteiger partial charge in [-0.05, 0) is 78.9 Å². The highest BCUT2D eigenvalue weighted by Gasteiger charge is 2.29. The van der Waals surface area contributed by atoms with Crippen molar-refractivity contribution in [1.29, 1.82) is 0 Å². The number of aryl methyl sites for hydroxylation is 1. The number of nitrogens with zero attached hydrogens (tertiary/aromatic N) is 1. The largest absolute Gasteiger partial charge is 1.00 e. The van der Waals surface area contributed by atoms with Crippen LogP contribution in [0.4, 0.5) is 0 Å². The molecule has 0 spiro atoms. The number of hydrogen-bond acceptors (Lipinski definition) is 1. The Kier molecular flexibility index (Phi) is 7.41. The van der Waals surface area contributed by atoms with E-state index in [0.29, 0.717) is 20.1 Å². The van der Waals surface area contributed by atoms with Crippen molar-refractivity contribution >= 4 is 57.7 Å². The zero-order valence-corrected chi connectivity index (χ0v) is 21.4. The molecule has 0 atom stereocenters. The molecule has 0 saturated heterocycles. The number of hydrogen-bond donors (Lipinski definition) is 0.